The predicted octanol–water partition coefficient (Wildman–Crippen LogP) is 4.13. The fraction of sp³-hybridized carbons (Fsp3) is 0.467. The molecule has 2 aromatic rings. The fourth-order valence-corrected chi connectivity index (χ4v) is 6.05. The molecule has 1 amide bonds. The quantitative estimate of drug-likeness (QED) is 0.738. The summed E-state index contributed by atoms with van der Waals surface area (Å²) >= 11 is 7.63. The van der Waals surface area contributed by atoms with Crippen LogP contribution in [0, 0.1) is 20.8 Å². The smallest absolute Gasteiger partial charge is 0.261 e. The van der Waals surface area contributed by atoms with Gasteiger partial charge < -0.3 is 5.32 Å². The van der Waals surface area contributed by atoms with Crippen molar-refractivity contribution in [1.82, 2.24) is 10.3 Å². The van der Waals surface area contributed by atoms with E-state index in [4.69, 9.17) is 11.6 Å². The van der Waals surface area contributed by atoms with E-state index in [0.717, 1.165) is 27.0 Å². The Morgan fingerprint density at radius 2 is 2.04 bits per heavy atom. The van der Waals surface area contributed by atoms with Crippen LogP contribution in [0.5, 0.6) is 0 Å². The van der Waals surface area contributed by atoms with E-state index in [9.17, 15) is 13.9 Å². The number of halogens is 1. The zero-order valence-corrected chi connectivity index (χ0v) is 15.5. The zero-order valence-electron chi connectivity index (χ0n) is 13.1. The highest BCUT2D eigenvalue weighted by atomic mass is 35.5. The Bertz CT molecular complexity index is 804. The average Bonchev–Trinajstić information content (AvgIpc) is 2.96. The summed E-state index contributed by atoms with van der Waals surface area (Å²) in [5.74, 6) is 0.421. The van der Waals surface area contributed by atoms with Crippen molar-refractivity contribution in [2.45, 2.75) is 33.2 Å². The molecule has 0 aromatic carbocycles. The number of hydrogen-bond donors (Lipinski definition) is 3. The Morgan fingerprint density at radius 1 is 1.35 bits per heavy atom. The van der Waals surface area contributed by atoms with Crippen LogP contribution in [0.2, 0.25) is 5.02 Å². The maximum absolute atomic E-state index is 12.6. The lowest BCUT2D eigenvalue weighted by Gasteiger charge is -2.25. The molecule has 0 spiro atoms. The van der Waals surface area contributed by atoms with Crippen molar-refractivity contribution in [3.05, 3.63) is 26.7 Å². The highest BCUT2D eigenvalue weighted by Crippen LogP contribution is 2.45. The molecular weight excluding hydrogens is 356 g/mol. The van der Waals surface area contributed by atoms with Gasteiger partial charge in [-0.1, -0.05) is 11.6 Å². The topological polar surface area (TPSA) is 82.5 Å². The number of amides is 1. The summed E-state index contributed by atoms with van der Waals surface area (Å²) in [6.45, 7) is 5.69. The Morgan fingerprint density at radius 3 is 2.65 bits per heavy atom. The lowest BCUT2D eigenvalue weighted by atomic mass is 10.1. The molecule has 0 bridgehead atoms. The third-order valence-electron chi connectivity index (χ3n) is 4.22. The van der Waals surface area contributed by atoms with E-state index >= 15 is 0 Å². The number of nitrogens with zero attached hydrogens (tertiary/aromatic N) is 1. The van der Waals surface area contributed by atoms with Gasteiger partial charge in [0.05, 0.1) is 21.3 Å². The Labute approximate surface area is 145 Å². The number of carbonyl (C=O) groups is 1. The second-order valence-corrected chi connectivity index (χ2v) is 9.73. The number of pyridine rings is 1. The Kier molecular flexibility index (Phi) is 4.35. The Balaban J connectivity index is 1.93. The molecule has 1 saturated heterocycles. The van der Waals surface area contributed by atoms with E-state index in [1.54, 1.807) is 0 Å². The fourth-order valence-electron chi connectivity index (χ4n) is 3.00. The average molecular weight is 375 g/mol. The van der Waals surface area contributed by atoms with Crippen molar-refractivity contribution < 1.29 is 13.9 Å². The summed E-state index contributed by atoms with van der Waals surface area (Å²) < 4.78 is 19.4. The van der Waals surface area contributed by atoms with Crippen molar-refractivity contribution in [3.8, 4) is 0 Å². The van der Waals surface area contributed by atoms with E-state index in [2.05, 4.69) is 10.3 Å². The van der Waals surface area contributed by atoms with Crippen LogP contribution in [-0.4, -0.2) is 37.5 Å². The molecule has 0 saturated carbocycles. The van der Waals surface area contributed by atoms with Gasteiger partial charge in [-0.15, -0.1) is 11.3 Å². The molecule has 1 aliphatic rings. The van der Waals surface area contributed by atoms with Gasteiger partial charge in [-0.2, -0.15) is 10.6 Å². The first-order chi connectivity index (χ1) is 10.7. The SMILES string of the molecule is Cc1nc2sc(C(=O)NC3CCS(O)(O)C3)c(C)c2c(C)c1Cl. The summed E-state index contributed by atoms with van der Waals surface area (Å²) in [7, 11) is -2.52. The van der Waals surface area contributed by atoms with E-state index in [0.29, 0.717) is 22.1 Å². The molecule has 1 unspecified atom stereocenters. The lowest BCUT2D eigenvalue weighted by Crippen LogP contribution is -2.35. The summed E-state index contributed by atoms with van der Waals surface area (Å²) in [5, 5.41) is 4.48. The highest BCUT2D eigenvalue weighted by molar-refractivity contribution is 8.24. The first-order valence-electron chi connectivity index (χ1n) is 7.30. The van der Waals surface area contributed by atoms with Crippen molar-refractivity contribution in [2.24, 2.45) is 0 Å². The van der Waals surface area contributed by atoms with Gasteiger partial charge in [0.1, 0.15) is 4.83 Å². The first-order valence-corrected chi connectivity index (χ1v) is 10.4. The molecule has 8 heteroatoms. The van der Waals surface area contributed by atoms with Crippen molar-refractivity contribution >= 4 is 49.7 Å². The predicted molar refractivity (Wildman–Crippen MR) is 97.3 cm³/mol. The van der Waals surface area contributed by atoms with Crippen molar-refractivity contribution in [1.29, 1.82) is 0 Å². The largest absolute Gasteiger partial charge is 0.347 e. The van der Waals surface area contributed by atoms with Crippen LogP contribution in [0.15, 0.2) is 0 Å². The number of aromatic nitrogens is 1. The van der Waals surface area contributed by atoms with Crippen LogP contribution in [0.4, 0.5) is 0 Å². The molecule has 1 atom stereocenters. The number of thiophene rings is 1. The van der Waals surface area contributed by atoms with Crippen molar-refractivity contribution in [2.75, 3.05) is 11.5 Å². The molecule has 3 N–H and O–H groups in total. The van der Waals surface area contributed by atoms with Crippen LogP contribution in [0.1, 0.15) is 32.9 Å². The van der Waals surface area contributed by atoms with Crippen LogP contribution in [0.3, 0.4) is 0 Å². The summed E-state index contributed by atoms with van der Waals surface area (Å²) in [4.78, 5) is 18.5. The molecule has 2 aromatic heterocycles. The third-order valence-corrected chi connectivity index (χ3v) is 7.79. The molecule has 3 heterocycles. The molecule has 5 nitrogen and oxygen atoms in total. The summed E-state index contributed by atoms with van der Waals surface area (Å²) in [6, 6.07) is -0.184. The number of nitrogens with one attached hydrogen (secondary N) is 1. The van der Waals surface area contributed by atoms with Gasteiger partial charge in [-0.3, -0.25) is 13.9 Å². The second-order valence-electron chi connectivity index (χ2n) is 6.00. The van der Waals surface area contributed by atoms with Gasteiger partial charge in [-0.25, -0.2) is 4.98 Å². The number of aryl methyl sites for hydroxylation is 3. The minimum Gasteiger partial charge on any atom is -0.347 e. The number of fused-ring (bicyclic) bond motifs is 1. The van der Waals surface area contributed by atoms with Gasteiger partial charge in [-0.05, 0) is 38.3 Å². The molecule has 1 fully saturated rings. The third kappa shape index (κ3) is 3.08. The number of hydrogen-bond acceptors (Lipinski definition) is 5. The summed E-state index contributed by atoms with van der Waals surface area (Å²) in [6.07, 6.45) is 0.597. The number of rotatable bonds is 2. The molecule has 1 aliphatic heterocycles. The molecule has 3 rings (SSSR count). The van der Waals surface area contributed by atoms with Crippen LogP contribution >= 0.6 is 33.5 Å². The maximum atomic E-state index is 12.6. The molecule has 23 heavy (non-hydrogen) atoms. The van der Waals surface area contributed by atoms with Gasteiger partial charge in [0, 0.05) is 17.2 Å². The van der Waals surface area contributed by atoms with Crippen LogP contribution < -0.4 is 5.32 Å². The highest BCUT2D eigenvalue weighted by Gasteiger charge is 2.30. The van der Waals surface area contributed by atoms with E-state index in [1.165, 1.54) is 11.3 Å². The monoisotopic (exact) mass is 374 g/mol. The second kappa shape index (κ2) is 5.89. The lowest BCUT2D eigenvalue weighted by molar-refractivity contribution is 0.0945. The van der Waals surface area contributed by atoms with E-state index in [1.807, 2.05) is 20.8 Å². The zero-order chi connectivity index (χ0) is 16.9. The molecule has 126 valence electrons. The minimum absolute atomic E-state index is 0.180. The molecule has 0 radical (unpaired) electrons. The Hall–Kier alpha value is -0.860. The van der Waals surface area contributed by atoms with Gasteiger partial charge in [0.2, 0.25) is 0 Å². The number of carbonyl (C=O) groups excluding carboxylic acids is 1. The summed E-state index contributed by atoms with van der Waals surface area (Å²) in [5.41, 5.74) is 2.57. The molecule has 0 aliphatic carbocycles. The van der Waals surface area contributed by atoms with E-state index in [-0.39, 0.29) is 17.7 Å². The van der Waals surface area contributed by atoms with Gasteiger partial charge >= 0.3 is 0 Å². The normalized spacial score (nSPS) is 21.6. The van der Waals surface area contributed by atoms with Gasteiger partial charge in [0.15, 0.2) is 0 Å². The van der Waals surface area contributed by atoms with Gasteiger partial charge in [0.25, 0.3) is 5.91 Å². The first kappa shape index (κ1) is 17.0. The van der Waals surface area contributed by atoms with Crippen LogP contribution in [0.25, 0.3) is 10.2 Å². The molecular formula is C15H19ClN2O3S2. The standard InChI is InChI=1S/C15H19ClN2O3S2/c1-7-11-8(2)13(22-15(11)17-9(3)12(7)16)14(19)18-10-4-5-23(20,21)6-10/h10,20-21H,4-6H2,1-3H3,(H,18,19). The minimum atomic E-state index is -2.52. The van der Waals surface area contributed by atoms with Crippen molar-refractivity contribution in [3.63, 3.8) is 0 Å². The van der Waals surface area contributed by atoms with Crippen LogP contribution in [-0.2, 0) is 0 Å². The maximum Gasteiger partial charge on any atom is 0.261 e. The van der Waals surface area contributed by atoms with E-state index < -0.39 is 10.6 Å².